The molecular weight excluding hydrogens is 316 g/mol. The predicted octanol–water partition coefficient (Wildman–Crippen LogP) is -0.0871. The van der Waals surface area contributed by atoms with Crippen LogP contribution in [0.1, 0.15) is 16.7 Å². The zero-order valence-corrected chi connectivity index (χ0v) is 14.7. The van der Waals surface area contributed by atoms with Crippen molar-refractivity contribution in [2.45, 2.75) is 20.0 Å². The molecular formula is C20H26N2O3+2. The van der Waals surface area contributed by atoms with E-state index in [0.29, 0.717) is 11.5 Å². The minimum atomic E-state index is 0.242. The fourth-order valence-corrected chi connectivity index (χ4v) is 3.77. The number of aryl methyl sites for hydroxylation is 1. The molecule has 4 rings (SSSR count). The zero-order chi connectivity index (χ0) is 17.2. The number of quaternary nitrogens is 2. The number of nitrogens with one attached hydrogen (secondary N) is 2. The van der Waals surface area contributed by atoms with Crippen LogP contribution in [-0.2, 0) is 13.1 Å². The van der Waals surface area contributed by atoms with Crippen molar-refractivity contribution < 1.29 is 24.4 Å². The predicted molar refractivity (Wildman–Crippen MR) is 94.2 cm³/mol. The Morgan fingerprint density at radius 3 is 2.16 bits per heavy atom. The van der Waals surface area contributed by atoms with E-state index in [1.54, 1.807) is 11.0 Å². The average Bonchev–Trinajstić information content (AvgIpc) is 3.06. The molecule has 132 valence electrons. The number of phenols is 1. The second kappa shape index (κ2) is 6.94. The smallest absolute Gasteiger partial charge is 0.231 e. The lowest BCUT2D eigenvalue weighted by molar-refractivity contribution is -1.02. The van der Waals surface area contributed by atoms with E-state index in [4.69, 9.17) is 9.47 Å². The van der Waals surface area contributed by atoms with E-state index in [1.807, 2.05) is 6.07 Å². The van der Waals surface area contributed by atoms with E-state index < -0.39 is 0 Å². The molecule has 0 aromatic heterocycles. The summed E-state index contributed by atoms with van der Waals surface area (Å²) in [6.07, 6.45) is 0. The SMILES string of the molecule is Cc1ccccc1C[NH+]1CC[NH+](Cc2cc3c(cc2O)OCO3)CC1. The number of aromatic hydroxyl groups is 1. The van der Waals surface area contributed by atoms with Gasteiger partial charge in [-0.3, -0.25) is 0 Å². The van der Waals surface area contributed by atoms with Crippen molar-refractivity contribution in [2.75, 3.05) is 33.0 Å². The number of hydrogen-bond acceptors (Lipinski definition) is 3. The van der Waals surface area contributed by atoms with Gasteiger partial charge < -0.3 is 24.4 Å². The van der Waals surface area contributed by atoms with Crippen LogP contribution in [0.25, 0.3) is 0 Å². The monoisotopic (exact) mass is 342 g/mol. The highest BCUT2D eigenvalue weighted by molar-refractivity contribution is 5.50. The maximum atomic E-state index is 10.2. The number of hydrogen-bond donors (Lipinski definition) is 3. The highest BCUT2D eigenvalue weighted by Gasteiger charge is 2.25. The first-order valence-electron chi connectivity index (χ1n) is 9.02. The van der Waals surface area contributed by atoms with E-state index in [2.05, 4.69) is 31.2 Å². The van der Waals surface area contributed by atoms with Crippen LogP contribution in [0.3, 0.4) is 0 Å². The summed E-state index contributed by atoms with van der Waals surface area (Å²) >= 11 is 0. The minimum Gasteiger partial charge on any atom is -0.507 e. The van der Waals surface area contributed by atoms with Crippen molar-refractivity contribution in [3.8, 4) is 17.2 Å². The number of piperazine rings is 1. The van der Waals surface area contributed by atoms with Crippen LogP contribution in [-0.4, -0.2) is 38.1 Å². The molecule has 2 aliphatic heterocycles. The summed E-state index contributed by atoms with van der Waals surface area (Å²) in [5.74, 6) is 1.70. The van der Waals surface area contributed by atoms with Crippen molar-refractivity contribution in [3.63, 3.8) is 0 Å². The molecule has 1 saturated heterocycles. The summed E-state index contributed by atoms with van der Waals surface area (Å²) in [7, 11) is 0. The molecule has 5 nitrogen and oxygen atoms in total. The second-order valence-electron chi connectivity index (χ2n) is 7.11. The molecule has 2 aromatic rings. The van der Waals surface area contributed by atoms with Gasteiger partial charge in [-0.05, 0) is 18.6 Å². The van der Waals surface area contributed by atoms with Gasteiger partial charge in [-0.25, -0.2) is 0 Å². The van der Waals surface area contributed by atoms with Crippen LogP contribution in [0, 0.1) is 6.92 Å². The summed E-state index contributed by atoms with van der Waals surface area (Å²) in [4.78, 5) is 3.16. The van der Waals surface area contributed by atoms with Crippen LogP contribution in [0.5, 0.6) is 17.2 Å². The largest absolute Gasteiger partial charge is 0.507 e. The van der Waals surface area contributed by atoms with E-state index in [1.165, 1.54) is 16.0 Å². The minimum absolute atomic E-state index is 0.242. The van der Waals surface area contributed by atoms with Crippen LogP contribution in [0.2, 0.25) is 0 Å². The third-order valence-corrected chi connectivity index (χ3v) is 5.38. The van der Waals surface area contributed by atoms with Gasteiger partial charge in [-0.15, -0.1) is 0 Å². The Kier molecular flexibility index (Phi) is 4.51. The fourth-order valence-electron chi connectivity index (χ4n) is 3.77. The van der Waals surface area contributed by atoms with Crippen molar-refractivity contribution >= 4 is 0 Å². The van der Waals surface area contributed by atoms with Crippen molar-refractivity contribution in [3.05, 3.63) is 53.1 Å². The van der Waals surface area contributed by atoms with Crippen LogP contribution < -0.4 is 19.3 Å². The van der Waals surface area contributed by atoms with E-state index in [0.717, 1.165) is 50.6 Å². The van der Waals surface area contributed by atoms with Crippen LogP contribution in [0.15, 0.2) is 36.4 Å². The van der Waals surface area contributed by atoms with Crippen LogP contribution in [0.4, 0.5) is 0 Å². The maximum Gasteiger partial charge on any atom is 0.231 e. The molecule has 0 amide bonds. The number of fused-ring (bicyclic) bond motifs is 1. The molecule has 0 aliphatic carbocycles. The third-order valence-electron chi connectivity index (χ3n) is 5.38. The molecule has 0 bridgehead atoms. The molecule has 3 N–H and O–H groups in total. The first kappa shape index (κ1) is 16.2. The standard InChI is InChI=1S/C20H24N2O3/c1-15-4-2-3-5-16(15)12-21-6-8-22(9-7-21)13-17-10-19-20(11-18(17)23)25-14-24-19/h2-5,10-11,23H,6-9,12-14H2,1H3/p+2. The topological polar surface area (TPSA) is 47.6 Å². The number of rotatable bonds is 4. The van der Waals surface area contributed by atoms with Gasteiger partial charge in [0.25, 0.3) is 0 Å². The van der Waals surface area contributed by atoms with Gasteiger partial charge in [0.2, 0.25) is 6.79 Å². The normalized spacial score (nSPS) is 22.1. The number of benzene rings is 2. The lowest BCUT2D eigenvalue weighted by Gasteiger charge is -2.30. The van der Waals surface area contributed by atoms with E-state index in [-0.39, 0.29) is 6.79 Å². The Hall–Kier alpha value is -2.24. The summed E-state index contributed by atoms with van der Waals surface area (Å²) in [5, 5.41) is 10.2. The van der Waals surface area contributed by atoms with Crippen molar-refractivity contribution in [2.24, 2.45) is 0 Å². The molecule has 0 saturated carbocycles. The first-order valence-corrected chi connectivity index (χ1v) is 9.02. The Labute approximate surface area is 148 Å². The molecule has 2 aromatic carbocycles. The maximum absolute atomic E-state index is 10.2. The lowest BCUT2D eigenvalue weighted by Crippen LogP contribution is -3.27. The Morgan fingerprint density at radius 1 is 0.880 bits per heavy atom. The number of ether oxygens (including phenoxy) is 2. The molecule has 1 fully saturated rings. The molecule has 0 atom stereocenters. The van der Waals surface area contributed by atoms with Gasteiger partial charge in [-0.1, -0.05) is 24.3 Å². The Morgan fingerprint density at radius 2 is 1.48 bits per heavy atom. The van der Waals surface area contributed by atoms with Gasteiger partial charge >= 0.3 is 0 Å². The molecule has 2 aliphatic rings. The molecule has 0 unspecified atom stereocenters. The van der Waals surface area contributed by atoms with Crippen molar-refractivity contribution in [1.29, 1.82) is 0 Å². The molecule has 25 heavy (non-hydrogen) atoms. The van der Waals surface area contributed by atoms with Gasteiger partial charge in [-0.2, -0.15) is 0 Å². The fraction of sp³-hybridized carbons (Fsp3) is 0.400. The van der Waals surface area contributed by atoms with Gasteiger partial charge in [0.15, 0.2) is 11.5 Å². The van der Waals surface area contributed by atoms with E-state index >= 15 is 0 Å². The van der Waals surface area contributed by atoms with Gasteiger partial charge in [0.05, 0.1) is 5.56 Å². The van der Waals surface area contributed by atoms with Gasteiger partial charge in [0, 0.05) is 11.6 Å². The molecule has 5 heteroatoms. The average molecular weight is 342 g/mol. The first-order chi connectivity index (χ1) is 12.2. The molecule has 0 spiro atoms. The Bertz CT molecular complexity index is 755. The summed E-state index contributed by atoms with van der Waals surface area (Å²) in [6, 6.07) is 12.3. The summed E-state index contributed by atoms with van der Waals surface area (Å²) < 4.78 is 10.7. The lowest BCUT2D eigenvalue weighted by atomic mass is 10.1. The highest BCUT2D eigenvalue weighted by Crippen LogP contribution is 2.37. The quantitative estimate of drug-likeness (QED) is 0.728. The molecule has 2 heterocycles. The zero-order valence-electron chi connectivity index (χ0n) is 14.7. The van der Waals surface area contributed by atoms with E-state index in [9.17, 15) is 5.11 Å². The van der Waals surface area contributed by atoms with Gasteiger partial charge in [0.1, 0.15) is 45.0 Å². The Balaban J connectivity index is 1.34. The molecule has 0 radical (unpaired) electrons. The summed E-state index contributed by atoms with van der Waals surface area (Å²) in [5.41, 5.74) is 3.78. The van der Waals surface area contributed by atoms with Crippen LogP contribution >= 0.6 is 0 Å². The number of phenolic OH excluding ortho intramolecular Hbond substituents is 1. The van der Waals surface area contributed by atoms with Crippen molar-refractivity contribution in [1.82, 2.24) is 0 Å². The second-order valence-corrected chi connectivity index (χ2v) is 7.11. The third kappa shape index (κ3) is 3.57. The summed E-state index contributed by atoms with van der Waals surface area (Å²) in [6.45, 7) is 8.94. The highest BCUT2D eigenvalue weighted by atomic mass is 16.7.